The molecule has 2 aromatic heterocycles. The molecule has 0 aliphatic rings. The summed E-state index contributed by atoms with van der Waals surface area (Å²) in [7, 11) is -3.64. The molecule has 0 spiro atoms. The highest BCUT2D eigenvalue weighted by Crippen LogP contribution is 2.23. The maximum Gasteiger partial charge on any atom is 0.272 e. The predicted octanol–water partition coefficient (Wildman–Crippen LogP) is 3.48. The lowest BCUT2D eigenvalue weighted by Gasteiger charge is -2.22. The summed E-state index contributed by atoms with van der Waals surface area (Å²) in [5.74, 6) is 1.51. The number of pyridine rings is 1. The van der Waals surface area contributed by atoms with Crippen molar-refractivity contribution >= 4 is 21.5 Å². The number of nitrogens with one attached hydrogen (secondary N) is 2. The lowest BCUT2D eigenvalue weighted by molar-refractivity contribution is -0.364. The summed E-state index contributed by atoms with van der Waals surface area (Å²) in [5.41, 5.74) is 0.642. The van der Waals surface area contributed by atoms with E-state index in [1.54, 1.807) is 30.5 Å². The number of hydrogen-bond acceptors (Lipinski definition) is 4. The number of furan rings is 1. The first-order chi connectivity index (χ1) is 12.5. The molecular weight excluding hydrogens is 350 g/mol. The highest BCUT2D eigenvalue weighted by molar-refractivity contribution is 7.92. The number of rotatable bonds is 7. The van der Waals surface area contributed by atoms with Gasteiger partial charge in [-0.2, -0.15) is 0 Å². The quantitative estimate of drug-likeness (QED) is 0.689. The predicted molar refractivity (Wildman–Crippen MR) is 100 cm³/mol. The zero-order chi connectivity index (χ0) is 18.6. The fourth-order valence-corrected chi connectivity index (χ4v) is 4.16. The molecule has 0 aliphatic heterocycles. The average molecular weight is 372 g/mol. The summed E-state index contributed by atoms with van der Waals surface area (Å²) in [5, 5.41) is 3.24. The Labute approximate surface area is 153 Å². The molecular formula is C19H22N3O3S+. The van der Waals surface area contributed by atoms with Crippen LogP contribution in [0.15, 0.2) is 76.4 Å². The van der Waals surface area contributed by atoms with E-state index in [1.807, 2.05) is 44.2 Å². The van der Waals surface area contributed by atoms with Crippen molar-refractivity contribution in [1.82, 2.24) is 0 Å². The number of nitrogens with zero attached hydrogens (tertiary/aromatic N) is 1. The van der Waals surface area contributed by atoms with Crippen molar-refractivity contribution in [2.24, 2.45) is 0 Å². The summed E-state index contributed by atoms with van der Waals surface area (Å²) in [6.45, 7) is 4.13. The Morgan fingerprint density at radius 1 is 1.12 bits per heavy atom. The largest absolute Gasteiger partial charge is 0.465 e. The number of benzene rings is 1. The summed E-state index contributed by atoms with van der Waals surface area (Å²) >= 11 is 0. The van der Waals surface area contributed by atoms with Gasteiger partial charge in [0.15, 0.2) is 0 Å². The number of hydrogen-bond donors (Lipinski definition) is 1. The third-order valence-corrected chi connectivity index (χ3v) is 5.94. The first kappa shape index (κ1) is 18.0. The Morgan fingerprint density at radius 3 is 2.46 bits per heavy atom. The number of anilines is 2. The average Bonchev–Trinajstić information content (AvgIpc) is 3.18. The van der Waals surface area contributed by atoms with Crippen LogP contribution in [-0.2, 0) is 10.0 Å². The van der Waals surface area contributed by atoms with Crippen LogP contribution in [0.1, 0.15) is 25.6 Å². The van der Waals surface area contributed by atoms with Gasteiger partial charge in [-0.25, -0.2) is 13.4 Å². The molecule has 0 aliphatic carbocycles. The maximum absolute atomic E-state index is 13.0. The van der Waals surface area contributed by atoms with Crippen LogP contribution < -0.4 is 14.6 Å². The molecule has 0 radical (unpaired) electrons. The van der Waals surface area contributed by atoms with Crippen molar-refractivity contribution < 1.29 is 17.8 Å². The van der Waals surface area contributed by atoms with Crippen LogP contribution in [0.4, 0.5) is 11.5 Å². The molecule has 0 amide bonds. The smallest absolute Gasteiger partial charge is 0.272 e. The van der Waals surface area contributed by atoms with Gasteiger partial charge in [0.25, 0.3) is 15.8 Å². The molecule has 0 bridgehead atoms. The Kier molecular flexibility index (Phi) is 5.27. The molecule has 0 fully saturated rings. The monoisotopic (exact) mass is 372 g/mol. The van der Waals surface area contributed by atoms with Crippen molar-refractivity contribution in [3.05, 3.63) is 72.8 Å². The molecule has 3 aromatic rings. The zero-order valence-electron chi connectivity index (χ0n) is 14.7. The van der Waals surface area contributed by atoms with E-state index < -0.39 is 10.0 Å². The lowest BCUT2D eigenvalue weighted by Crippen LogP contribution is -2.31. The summed E-state index contributed by atoms with van der Waals surface area (Å²) < 4.78 is 32.7. The first-order valence-electron chi connectivity index (χ1n) is 8.42. The molecule has 0 saturated carbocycles. The molecule has 2 heterocycles. The molecule has 1 aromatic carbocycles. The van der Waals surface area contributed by atoms with Gasteiger partial charge in [-0.05, 0) is 44.2 Å². The molecule has 1 atom stereocenters. The Balaban J connectivity index is 1.80. The number of aromatic amines is 1. The molecule has 3 rings (SSSR count). The van der Waals surface area contributed by atoms with E-state index in [4.69, 9.17) is 4.42 Å². The molecule has 136 valence electrons. The summed E-state index contributed by atoms with van der Waals surface area (Å²) in [4.78, 5) is 3.22. The highest BCUT2D eigenvalue weighted by atomic mass is 32.2. The van der Waals surface area contributed by atoms with Crippen molar-refractivity contribution in [1.29, 1.82) is 0 Å². The van der Waals surface area contributed by atoms with Crippen LogP contribution in [-0.4, -0.2) is 15.0 Å². The van der Waals surface area contributed by atoms with E-state index >= 15 is 0 Å². The molecule has 0 saturated heterocycles. The zero-order valence-corrected chi connectivity index (χ0v) is 15.5. The third kappa shape index (κ3) is 3.72. The fourth-order valence-electron chi connectivity index (χ4n) is 2.72. The van der Waals surface area contributed by atoms with Crippen molar-refractivity contribution in [3.8, 4) is 0 Å². The van der Waals surface area contributed by atoms with Gasteiger partial charge >= 0.3 is 0 Å². The van der Waals surface area contributed by atoms with E-state index in [2.05, 4.69) is 10.3 Å². The van der Waals surface area contributed by atoms with Crippen molar-refractivity contribution in [3.63, 3.8) is 0 Å². The number of H-pyrrole nitrogens is 1. The summed E-state index contributed by atoms with van der Waals surface area (Å²) in [6, 6.07) is 16.0. The maximum atomic E-state index is 13.0. The van der Waals surface area contributed by atoms with Crippen LogP contribution in [0, 0.1) is 0 Å². The van der Waals surface area contributed by atoms with Gasteiger partial charge in [0.2, 0.25) is 0 Å². The van der Waals surface area contributed by atoms with Crippen LogP contribution in [0.5, 0.6) is 0 Å². The minimum Gasteiger partial charge on any atom is -0.465 e. The van der Waals surface area contributed by atoms with Gasteiger partial charge in [-0.3, -0.25) is 9.62 Å². The molecule has 7 heteroatoms. The molecule has 2 N–H and O–H groups in total. The standard InChI is InChI=1S/C19H21N3O3S/c1-3-22(16-8-5-4-6-9-16)26(23,24)17-11-12-19(20-14-17)21-15(2)18-10-7-13-25-18/h4-15H,3H2,1-2H3,(H,20,21)/p+1/t15-/m1/s1. The third-order valence-electron chi connectivity index (χ3n) is 4.05. The Morgan fingerprint density at radius 2 is 1.88 bits per heavy atom. The highest BCUT2D eigenvalue weighted by Gasteiger charge is 2.25. The Bertz CT molecular complexity index is 924. The van der Waals surface area contributed by atoms with E-state index in [9.17, 15) is 8.42 Å². The topological polar surface area (TPSA) is 76.7 Å². The van der Waals surface area contributed by atoms with Gasteiger partial charge in [0.05, 0.1) is 12.0 Å². The number of sulfonamides is 1. The second-order valence-corrected chi connectivity index (χ2v) is 7.69. The summed E-state index contributed by atoms with van der Waals surface area (Å²) in [6.07, 6.45) is 3.12. The van der Waals surface area contributed by atoms with Crippen molar-refractivity contribution in [2.45, 2.75) is 24.8 Å². The van der Waals surface area contributed by atoms with Crippen molar-refractivity contribution in [2.75, 3.05) is 16.2 Å². The molecule has 0 unspecified atom stereocenters. The van der Waals surface area contributed by atoms with Gasteiger partial charge < -0.3 is 4.42 Å². The first-order valence-corrected chi connectivity index (χ1v) is 9.86. The number of para-hydroxylation sites is 1. The van der Waals surface area contributed by atoms with E-state index in [-0.39, 0.29) is 10.9 Å². The van der Waals surface area contributed by atoms with Gasteiger partial charge in [0, 0.05) is 12.6 Å². The molecule has 6 nitrogen and oxygen atoms in total. The van der Waals surface area contributed by atoms with Crippen LogP contribution in [0.3, 0.4) is 0 Å². The van der Waals surface area contributed by atoms with Gasteiger partial charge in [0.1, 0.15) is 22.9 Å². The SMILES string of the molecule is CCN(c1ccccc1)S(=O)(=O)c1ccc(N[C@H](C)c2ccco2)[nH+]c1. The van der Waals surface area contributed by atoms with Gasteiger partial charge in [-0.15, -0.1) is 0 Å². The molecule has 26 heavy (non-hydrogen) atoms. The van der Waals surface area contributed by atoms with Crippen LogP contribution in [0.25, 0.3) is 0 Å². The van der Waals surface area contributed by atoms with E-state index in [0.717, 1.165) is 5.76 Å². The van der Waals surface area contributed by atoms with E-state index in [1.165, 1.54) is 10.5 Å². The van der Waals surface area contributed by atoms with Crippen LogP contribution >= 0.6 is 0 Å². The lowest BCUT2D eigenvalue weighted by atomic mass is 10.2. The minimum atomic E-state index is -3.64. The second kappa shape index (κ2) is 7.61. The van der Waals surface area contributed by atoms with Crippen LogP contribution in [0.2, 0.25) is 0 Å². The van der Waals surface area contributed by atoms with E-state index in [0.29, 0.717) is 18.1 Å². The minimum absolute atomic E-state index is 0.0415. The van der Waals surface area contributed by atoms with Gasteiger partial charge in [-0.1, -0.05) is 18.2 Å². The normalized spacial score (nSPS) is 12.5. The fraction of sp³-hybridized carbons (Fsp3) is 0.211. The number of aromatic nitrogens is 1. The Hall–Kier alpha value is -2.80. The second-order valence-electron chi connectivity index (χ2n) is 5.82.